The van der Waals surface area contributed by atoms with Gasteiger partial charge in [0.1, 0.15) is 79.5 Å². The van der Waals surface area contributed by atoms with E-state index in [0.717, 1.165) is 29.2 Å². The van der Waals surface area contributed by atoms with Gasteiger partial charge in [0, 0.05) is 65.9 Å². The minimum atomic E-state index is -2.39. The van der Waals surface area contributed by atoms with E-state index in [4.69, 9.17) is 48.5 Å². The van der Waals surface area contributed by atoms with E-state index in [1.54, 1.807) is 25.7 Å². The molecular weight excluding hydrogens is 1640 g/mol. The zero-order chi connectivity index (χ0) is 90.5. The summed E-state index contributed by atoms with van der Waals surface area (Å²) in [5.41, 5.74) is -3.03. The summed E-state index contributed by atoms with van der Waals surface area (Å²) in [6.07, 6.45) is -5.63. The number of carbonyl (C=O) groups is 9. The van der Waals surface area contributed by atoms with Crippen molar-refractivity contribution in [2.24, 2.45) is 44.5 Å². The number of benzene rings is 3. The highest BCUT2D eigenvalue weighted by molar-refractivity contribution is 6.44. The molecule has 11 rings (SSSR count). The van der Waals surface area contributed by atoms with E-state index < -0.39 is 180 Å². The Morgan fingerprint density at radius 1 is 0.722 bits per heavy atom. The molecule has 7 amide bonds. The van der Waals surface area contributed by atoms with Gasteiger partial charge in [-0.15, -0.1) is 0 Å². The largest absolute Gasteiger partial charge is 0.486 e. The summed E-state index contributed by atoms with van der Waals surface area (Å²) >= 11 is 0. The zero-order valence-electron chi connectivity index (χ0n) is 72.4. The number of ether oxygens (including phenoxy) is 9. The lowest BCUT2D eigenvalue weighted by Gasteiger charge is -2.63. The van der Waals surface area contributed by atoms with E-state index in [-0.39, 0.29) is 152 Å². The number of carbonyl (C=O) groups excluding carboxylic acids is 9. The van der Waals surface area contributed by atoms with Gasteiger partial charge in [0.25, 0.3) is 0 Å². The Morgan fingerprint density at radius 2 is 1.41 bits per heavy atom. The molecule has 4 saturated carbocycles. The van der Waals surface area contributed by atoms with Gasteiger partial charge in [-0.2, -0.15) is 5.10 Å². The van der Waals surface area contributed by atoms with Gasteiger partial charge in [0.2, 0.25) is 47.1 Å². The summed E-state index contributed by atoms with van der Waals surface area (Å²) in [6, 6.07) is 17.6. The first-order chi connectivity index (χ1) is 60.5. The monoisotopic (exact) mass is 1760 g/mol. The van der Waals surface area contributed by atoms with Crippen LogP contribution in [0.4, 0.5) is 20.2 Å². The first kappa shape index (κ1) is 97.2. The number of aliphatic hydroxyl groups excluding tert-OH is 5. The lowest BCUT2D eigenvalue weighted by Crippen LogP contribution is -2.71. The van der Waals surface area contributed by atoms with E-state index in [9.17, 15) is 68.7 Å². The van der Waals surface area contributed by atoms with E-state index in [1.807, 2.05) is 55.5 Å². The van der Waals surface area contributed by atoms with Gasteiger partial charge in [-0.1, -0.05) is 95.2 Å². The van der Waals surface area contributed by atoms with E-state index in [2.05, 4.69) is 53.8 Å². The molecule has 6 fully saturated rings. The molecule has 3 aromatic rings. The molecule has 8 aliphatic rings. The van der Waals surface area contributed by atoms with Crippen LogP contribution in [0.2, 0.25) is 0 Å². The number of allylic oxidation sites excluding steroid dienone is 4. The first-order valence-electron chi connectivity index (χ1n) is 43.9. The average molecular weight is 1760 g/mol. The number of Topliss-reactive ketones (excluding diaryl/α,β-unsaturated/α-hetero) is 1. The van der Waals surface area contributed by atoms with Gasteiger partial charge >= 0.3 is 0 Å². The van der Waals surface area contributed by atoms with Crippen LogP contribution in [-0.2, 0) is 87.6 Å². The maximum atomic E-state index is 18.1. The number of anilines is 2. The molecule has 0 radical (unpaired) electrons. The number of nitrogens with one attached hydrogen (secondary N) is 6. The zero-order valence-corrected chi connectivity index (χ0v) is 72.4. The quantitative estimate of drug-likeness (QED) is 0.0162. The normalized spacial score (nSPS) is 29.1. The fourth-order valence-corrected chi connectivity index (χ4v) is 18.5. The summed E-state index contributed by atoms with van der Waals surface area (Å²) in [5, 5.41) is 73.8. The van der Waals surface area contributed by atoms with Gasteiger partial charge < -0.3 is 111 Å². The van der Waals surface area contributed by atoms with Crippen LogP contribution in [0, 0.1) is 40.4 Å². The van der Waals surface area contributed by atoms with Gasteiger partial charge in [0.15, 0.2) is 29.6 Å². The molecule has 35 heteroatoms. The first-order valence-corrected chi connectivity index (χ1v) is 43.9. The molecule has 0 spiro atoms. The number of ketones is 2. The molecule has 2 saturated heterocycles. The molecule has 13 N–H and O–H groups in total. The number of hydrazone groups is 1. The van der Waals surface area contributed by atoms with Gasteiger partial charge in [-0.25, -0.2) is 8.78 Å². The molecule has 33 nitrogen and oxygen atoms in total. The lowest BCUT2D eigenvalue weighted by molar-refractivity contribution is -0.234. The van der Waals surface area contributed by atoms with Crippen LogP contribution in [-0.4, -0.2) is 266 Å². The number of nitrogens with zero attached hydrogens (tertiary/aromatic N) is 3. The number of aliphatic imine (C=N–C) groups is 1. The molecule has 19 atom stereocenters. The summed E-state index contributed by atoms with van der Waals surface area (Å²) in [4.78, 5) is 129. The smallest absolute Gasteiger partial charge is 0.246 e. The Bertz CT molecular complexity index is 4510. The third-order valence-electron chi connectivity index (χ3n) is 25.3. The number of rotatable bonds is 42. The fraction of sp³-hybridized carbons (Fsp3) is 0.615. The van der Waals surface area contributed by atoms with Crippen LogP contribution in [0.15, 0.2) is 107 Å². The van der Waals surface area contributed by atoms with Crippen molar-refractivity contribution in [3.05, 3.63) is 113 Å². The van der Waals surface area contributed by atoms with Gasteiger partial charge in [-0.3, -0.25) is 48.1 Å². The predicted molar refractivity (Wildman–Crippen MR) is 456 cm³/mol. The van der Waals surface area contributed by atoms with Crippen molar-refractivity contribution < 1.29 is 120 Å². The Hall–Kier alpha value is -9.39. The summed E-state index contributed by atoms with van der Waals surface area (Å²) in [6.45, 7) is 10.6. The van der Waals surface area contributed by atoms with Crippen LogP contribution in [0.3, 0.4) is 0 Å². The molecular formula is C91H122F2N10O23. The van der Waals surface area contributed by atoms with E-state index >= 15 is 8.78 Å². The number of hydrogen-bond donors (Lipinski definition) is 12. The number of nitrogens with two attached hydrogens (primary N) is 1. The number of amides is 7. The maximum absolute atomic E-state index is 18.1. The standard InChI is InChI=1S/C91H122F2N10O23/c1-7-17-78-125-73-48-62-63-47-65(92)64-46-60(105)33-35-88(64,5)90(63,93)71(106)49-89(62,6)91(73,126-78)72(107)52-122-61-29-27-59(28-30-61)98-84(115)55(4)97-86(117)79(54(2)3)101-85(116)67(22-15-16-36-95-76(110)53-123-69-24-10-8-9-21-66(80(69)102-94)100-87-83(114)82(113)81(112)70(51-104)124-87)99-75(109)34-38-118-40-42-120-44-45-121-43-41-119-39-37-96-74(108)31-32-77(111)103-50-58-20-12-11-18-56(58)25-26-57-19-13-14-23-68(57)103/h11-14,18-20,23,27-30,33,35,46,54-55,62-63,65,67,69-71,73,78-79,81-83,87,104,106,112-114H,7-10,15-17,21-22,24,31-32,34,36-45,47-53,94H2,1-6H3,(H,95,110)(H,96,108)(H,97,117)(H,98,115)(H,99,109)(H,101,116)/t55-,62-,63-,65-,67+,69?,70+,71-,73+,78?,79-,81-,82-,83+,87+,88-,89-,90-,91+/m0/s1. The Kier molecular flexibility index (Phi) is 34.8. The van der Waals surface area contributed by atoms with E-state index in [1.165, 1.54) is 50.3 Å². The lowest BCUT2D eigenvalue weighted by atomic mass is 9.44. The van der Waals surface area contributed by atoms with Crippen molar-refractivity contribution in [2.75, 3.05) is 96.0 Å². The number of alkyl halides is 2. The van der Waals surface area contributed by atoms with Crippen LogP contribution in [0.5, 0.6) is 5.75 Å². The third kappa shape index (κ3) is 23.0. The molecule has 688 valence electrons. The Labute approximate surface area is 732 Å². The molecule has 3 aliphatic heterocycles. The summed E-state index contributed by atoms with van der Waals surface area (Å²) in [7, 11) is 0. The fourth-order valence-electron chi connectivity index (χ4n) is 18.5. The second kappa shape index (κ2) is 45.0. The SMILES string of the molecule is CCCC1O[C@@H]2C[C@H]3[C@@H]4C[C@H](F)C5=CC(=O)C=C[C@]5(C)[C@@]4(F)[C@@H](O)C[C@]3(C)[C@]2(C(=O)COc2ccc(NC(=O)[C@H](C)NC(=O)[C@@H](NC(=O)[C@@H](CCCCNC(=O)COC3CCCCCC(=N[C@@H]4O[C@H](CO)[C@H](O)[C@H](O)[C@H]4O)C3=NN)NC(=O)CCOCCOCCOCCOCCNC(=O)CCC(=O)N3Cc4ccccc4C#Cc4ccccc43)C(C)C)cc2)O1. The molecule has 3 aromatic carbocycles. The predicted octanol–water partition coefficient (Wildman–Crippen LogP) is 4.40. The van der Waals surface area contributed by atoms with Gasteiger partial charge in [0.05, 0.1) is 89.6 Å². The third-order valence-corrected chi connectivity index (χ3v) is 25.3. The average Bonchev–Trinajstić information content (AvgIpc) is 1.46. The topological polar surface area (TPSA) is 464 Å². The van der Waals surface area contributed by atoms with Crippen LogP contribution in [0.25, 0.3) is 0 Å². The number of hydrogen-bond acceptors (Lipinski definition) is 26. The van der Waals surface area contributed by atoms with Crippen molar-refractivity contribution in [3.8, 4) is 17.6 Å². The molecule has 0 aromatic heterocycles. The number of aliphatic hydroxyl groups is 5. The van der Waals surface area contributed by atoms with Crippen LogP contribution >= 0.6 is 0 Å². The number of para-hydroxylation sites is 1. The van der Waals surface area contributed by atoms with Crippen LogP contribution in [0.1, 0.15) is 161 Å². The highest BCUT2D eigenvalue weighted by Crippen LogP contribution is 2.72. The second-order valence-corrected chi connectivity index (χ2v) is 34.1. The van der Waals surface area contributed by atoms with Gasteiger partial charge in [-0.05, 0) is 156 Å². The summed E-state index contributed by atoms with van der Waals surface area (Å²) < 4.78 is 87.9. The van der Waals surface area contributed by atoms with E-state index in [0.29, 0.717) is 62.9 Å². The van der Waals surface area contributed by atoms with Crippen molar-refractivity contribution in [1.29, 1.82) is 0 Å². The molecule has 0 bridgehead atoms. The van der Waals surface area contributed by atoms with Crippen molar-refractivity contribution in [1.82, 2.24) is 26.6 Å². The summed E-state index contributed by atoms with van der Waals surface area (Å²) in [5.74, 6) is 5.60. The highest BCUT2D eigenvalue weighted by atomic mass is 19.1. The second-order valence-electron chi connectivity index (χ2n) is 34.1. The van der Waals surface area contributed by atoms with Crippen molar-refractivity contribution in [2.45, 2.75) is 242 Å². The highest BCUT2D eigenvalue weighted by Gasteiger charge is 2.80. The molecule has 2 unspecified atom stereocenters. The molecule has 5 aliphatic carbocycles. The number of halogens is 2. The van der Waals surface area contributed by atoms with Crippen molar-refractivity contribution >= 4 is 75.7 Å². The minimum Gasteiger partial charge on any atom is -0.486 e. The minimum absolute atomic E-state index is 0.0000162. The Morgan fingerprint density at radius 3 is 2.13 bits per heavy atom. The van der Waals surface area contributed by atoms with Crippen molar-refractivity contribution in [3.63, 3.8) is 0 Å². The maximum Gasteiger partial charge on any atom is 0.246 e. The van der Waals surface area contributed by atoms with Crippen LogP contribution < -0.4 is 47.4 Å². The molecule has 126 heavy (non-hydrogen) atoms. The Balaban J connectivity index is 0.622. The number of fused-ring (bicyclic) bond motifs is 9. The molecule has 3 heterocycles. The number of unbranched alkanes of at least 4 members (excludes halogenated alkanes) is 1.